The number of hydrogen-bond acceptors (Lipinski definition) is 5. The molecule has 2 N–H and O–H groups in total. The summed E-state index contributed by atoms with van der Waals surface area (Å²) in [5.41, 5.74) is 1.10. The van der Waals surface area contributed by atoms with Gasteiger partial charge in [0.25, 0.3) is 0 Å². The summed E-state index contributed by atoms with van der Waals surface area (Å²) in [6.07, 6.45) is 3.06. The summed E-state index contributed by atoms with van der Waals surface area (Å²) < 4.78 is 5.48. The summed E-state index contributed by atoms with van der Waals surface area (Å²) in [7, 11) is 0. The Bertz CT molecular complexity index is 458. The quantitative estimate of drug-likeness (QED) is 0.809. The minimum Gasteiger partial charge on any atom is -0.381 e. The second kappa shape index (κ2) is 7.59. The van der Waals surface area contributed by atoms with Crippen molar-refractivity contribution in [3.05, 3.63) is 11.4 Å². The Kier molecular flexibility index (Phi) is 5.79. The first-order valence-corrected chi connectivity index (χ1v) is 8.11. The second-order valence-corrected chi connectivity index (χ2v) is 5.80. The van der Waals surface area contributed by atoms with Crippen LogP contribution in [0.3, 0.4) is 0 Å². The average Bonchev–Trinajstić information content (AvgIpc) is 3.02. The number of anilines is 2. The van der Waals surface area contributed by atoms with Crippen LogP contribution in [0.25, 0.3) is 0 Å². The van der Waals surface area contributed by atoms with Gasteiger partial charge in [-0.1, -0.05) is 13.8 Å². The molecule has 5 nitrogen and oxygen atoms in total. The Morgan fingerprint density at radius 3 is 2.67 bits per heavy atom. The molecule has 1 aromatic rings. The van der Waals surface area contributed by atoms with Crippen molar-refractivity contribution in [2.75, 3.05) is 30.4 Å². The molecule has 1 aliphatic heterocycles. The molecule has 118 valence electrons. The van der Waals surface area contributed by atoms with Crippen molar-refractivity contribution in [2.24, 2.45) is 5.92 Å². The summed E-state index contributed by atoms with van der Waals surface area (Å²) in [4.78, 5) is 9.27. The van der Waals surface area contributed by atoms with Gasteiger partial charge in [0.15, 0.2) is 0 Å². The first-order valence-electron chi connectivity index (χ1n) is 8.11. The van der Waals surface area contributed by atoms with Crippen LogP contribution in [0.5, 0.6) is 0 Å². The van der Waals surface area contributed by atoms with Gasteiger partial charge in [-0.05, 0) is 26.7 Å². The third kappa shape index (κ3) is 4.06. The van der Waals surface area contributed by atoms with Gasteiger partial charge in [0.1, 0.15) is 17.5 Å². The Balaban J connectivity index is 2.16. The maximum atomic E-state index is 5.48. The first-order chi connectivity index (χ1) is 10.2. The van der Waals surface area contributed by atoms with Gasteiger partial charge in [-0.15, -0.1) is 0 Å². The molecule has 0 spiro atoms. The maximum absolute atomic E-state index is 5.48. The van der Waals surface area contributed by atoms with E-state index in [2.05, 4.69) is 48.3 Å². The van der Waals surface area contributed by atoms with Crippen LogP contribution in [-0.2, 0) is 11.2 Å². The molecule has 2 atom stereocenters. The predicted octanol–water partition coefficient (Wildman–Crippen LogP) is 3.01. The molecule has 0 aromatic carbocycles. The van der Waals surface area contributed by atoms with Gasteiger partial charge < -0.3 is 15.4 Å². The van der Waals surface area contributed by atoms with E-state index in [4.69, 9.17) is 4.74 Å². The molecular formula is C16H28N4O. The highest BCUT2D eigenvalue weighted by molar-refractivity contribution is 5.57. The van der Waals surface area contributed by atoms with Crippen LogP contribution in [0.1, 0.15) is 45.0 Å². The molecule has 2 heterocycles. The Hall–Kier alpha value is -1.36. The highest BCUT2D eigenvalue weighted by atomic mass is 16.5. The highest BCUT2D eigenvalue weighted by Crippen LogP contribution is 2.24. The highest BCUT2D eigenvalue weighted by Gasteiger charge is 2.23. The number of hydrogen-bond donors (Lipinski definition) is 2. The zero-order valence-electron chi connectivity index (χ0n) is 13.7. The van der Waals surface area contributed by atoms with Crippen molar-refractivity contribution < 1.29 is 4.74 Å². The molecule has 1 aliphatic rings. The fourth-order valence-electron chi connectivity index (χ4n) is 2.56. The largest absolute Gasteiger partial charge is 0.381 e. The molecule has 0 radical (unpaired) electrons. The van der Waals surface area contributed by atoms with Gasteiger partial charge >= 0.3 is 0 Å². The molecule has 0 amide bonds. The molecule has 0 aliphatic carbocycles. The molecule has 1 saturated heterocycles. The smallest absolute Gasteiger partial charge is 0.134 e. The van der Waals surface area contributed by atoms with Crippen molar-refractivity contribution in [3.63, 3.8) is 0 Å². The molecule has 2 unspecified atom stereocenters. The van der Waals surface area contributed by atoms with E-state index >= 15 is 0 Å². The van der Waals surface area contributed by atoms with E-state index < -0.39 is 0 Å². The average molecular weight is 292 g/mol. The van der Waals surface area contributed by atoms with Crippen LogP contribution in [0.15, 0.2) is 0 Å². The van der Waals surface area contributed by atoms with E-state index in [-0.39, 0.29) is 0 Å². The number of aryl methyl sites for hydroxylation is 1. The van der Waals surface area contributed by atoms with E-state index in [0.717, 1.165) is 62.0 Å². The van der Waals surface area contributed by atoms with Gasteiger partial charge in [0.05, 0.1) is 6.61 Å². The minimum absolute atomic E-state index is 0.366. The minimum atomic E-state index is 0.366. The summed E-state index contributed by atoms with van der Waals surface area (Å²) in [6, 6.07) is 0.366. The van der Waals surface area contributed by atoms with Crippen molar-refractivity contribution in [3.8, 4) is 0 Å². The van der Waals surface area contributed by atoms with E-state index in [1.165, 1.54) is 0 Å². The number of rotatable bonds is 7. The zero-order chi connectivity index (χ0) is 15.2. The van der Waals surface area contributed by atoms with E-state index in [1.54, 1.807) is 0 Å². The standard InChI is InChI=1S/C16H28N4O/c1-5-8-17-15-11(3)16(20-14(6-2)19-15)18-12(4)13-7-9-21-10-13/h12-13H,5-10H2,1-4H3,(H2,17,18,19,20). The third-order valence-electron chi connectivity index (χ3n) is 4.09. The van der Waals surface area contributed by atoms with Crippen molar-refractivity contribution >= 4 is 11.6 Å². The van der Waals surface area contributed by atoms with Crippen molar-refractivity contribution in [1.29, 1.82) is 0 Å². The molecule has 1 aromatic heterocycles. The van der Waals surface area contributed by atoms with E-state index in [9.17, 15) is 0 Å². The van der Waals surface area contributed by atoms with Gasteiger partial charge in [0.2, 0.25) is 0 Å². The molecule has 0 bridgehead atoms. The van der Waals surface area contributed by atoms with E-state index in [1.807, 2.05) is 0 Å². The first kappa shape index (κ1) is 16.0. The van der Waals surface area contributed by atoms with E-state index in [0.29, 0.717) is 12.0 Å². The SMILES string of the molecule is CCCNc1nc(CC)nc(NC(C)C2CCOC2)c1C. The van der Waals surface area contributed by atoms with Gasteiger partial charge in [-0.3, -0.25) is 0 Å². The summed E-state index contributed by atoms with van der Waals surface area (Å²) in [6.45, 7) is 11.2. The lowest BCUT2D eigenvalue weighted by atomic mass is 10.0. The summed E-state index contributed by atoms with van der Waals surface area (Å²) in [5.74, 6) is 3.37. The van der Waals surface area contributed by atoms with Crippen LogP contribution in [0.2, 0.25) is 0 Å². The second-order valence-electron chi connectivity index (χ2n) is 5.80. The molecule has 5 heteroatoms. The molecule has 1 fully saturated rings. The van der Waals surface area contributed by atoms with Crippen LogP contribution in [0.4, 0.5) is 11.6 Å². The van der Waals surface area contributed by atoms with Crippen molar-refractivity contribution in [2.45, 2.75) is 53.0 Å². The van der Waals surface area contributed by atoms with Crippen LogP contribution < -0.4 is 10.6 Å². The lowest BCUT2D eigenvalue weighted by Gasteiger charge is -2.22. The van der Waals surface area contributed by atoms with Crippen LogP contribution >= 0.6 is 0 Å². The Labute approximate surface area is 127 Å². The Morgan fingerprint density at radius 1 is 1.29 bits per heavy atom. The van der Waals surface area contributed by atoms with Crippen LogP contribution in [-0.4, -0.2) is 35.8 Å². The monoisotopic (exact) mass is 292 g/mol. The normalized spacial score (nSPS) is 19.5. The number of nitrogens with one attached hydrogen (secondary N) is 2. The molecular weight excluding hydrogens is 264 g/mol. The third-order valence-corrected chi connectivity index (χ3v) is 4.09. The summed E-state index contributed by atoms with van der Waals surface area (Å²) in [5, 5.41) is 6.98. The fourth-order valence-corrected chi connectivity index (χ4v) is 2.56. The topological polar surface area (TPSA) is 59.1 Å². The fraction of sp³-hybridized carbons (Fsp3) is 0.750. The predicted molar refractivity (Wildman–Crippen MR) is 86.9 cm³/mol. The van der Waals surface area contributed by atoms with Crippen molar-refractivity contribution in [1.82, 2.24) is 9.97 Å². The Morgan fingerprint density at radius 2 is 2.05 bits per heavy atom. The lowest BCUT2D eigenvalue weighted by molar-refractivity contribution is 0.183. The number of aromatic nitrogens is 2. The van der Waals surface area contributed by atoms with Gasteiger partial charge in [-0.2, -0.15) is 0 Å². The van der Waals surface area contributed by atoms with Gasteiger partial charge in [-0.25, -0.2) is 9.97 Å². The number of nitrogens with zero attached hydrogens (tertiary/aromatic N) is 2. The number of ether oxygens (including phenoxy) is 1. The van der Waals surface area contributed by atoms with Gasteiger partial charge in [0, 0.05) is 37.1 Å². The van der Waals surface area contributed by atoms with Crippen LogP contribution in [0, 0.1) is 12.8 Å². The summed E-state index contributed by atoms with van der Waals surface area (Å²) >= 11 is 0. The molecule has 0 saturated carbocycles. The molecule has 2 rings (SSSR count). The zero-order valence-corrected chi connectivity index (χ0v) is 13.7. The lowest BCUT2D eigenvalue weighted by Crippen LogP contribution is -2.27. The molecule has 21 heavy (non-hydrogen) atoms. The maximum Gasteiger partial charge on any atom is 0.134 e.